The van der Waals surface area contributed by atoms with Gasteiger partial charge in [0, 0.05) is 28.3 Å². The van der Waals surface area contributed by atoms with Crippen LogP contribution in [0.25, 0.3) is 0 Å². The van der Waals surface area contributed by atoms with Gasteiger partial charge in [-0.1, -0.05) is 66.2 Å². The van der Waals surface area contributed by atoms with E-state index in [2.05, 4.69) is 5.32 Å². The van der Waals surface area contributed by atoms with Crippen LogP contribution in [-0.4, -0.2) is 17.7 Å². The van der Waals surface area contributed by atoms with Crippen molar-refractivity contribution in [3.05, 3.63) is 100 Å². The van der Waals surface area contributed by atoms with Crippen molar-refractivity contribution in [3.8, 4) is 0 Å². The Hall–Kier alpha value is -3.44. The minimum Gasteiger partial charge on any atom is -0.449 e. The van der Waals surface area contributed by atoms with Crippen molar-refractivity contribution >= 4 is 34.9 Å². The van der Waals surface area contributed by atoms with Crippen molar-refractivity contribution in [2.24, 2.45) is 0 Å². The smallest absolute Gasteiger partial charge is 0.307 e. The van der Waals surface area contributed by atoms with Gasteiger partial charge in [-0.3, -0.25) is 14.4 Å². The molecule has 0 aliphatic carbocycles. The number of benzene rings is 3. The number of Topliss-reactive ketones (excluding diaryl/α,β-unsaturated/α-hetero) is 1. The van der Waals surface area contributed by atoms with Crippen LogP contribution in [-0.2, 0) is 14.3 Å². The number of aryl methyl sites for hydroxylation is 2. The quantitative estimate of drug-likeness (QED) is 0.346. The lowest BCUT2D eigenvalue weighted by molar-refractivity contribution is -0.148. The third-order valence-electron chi connectivity index (χ3n) is 4.94. The average Bonchev–Trinajstić information content (AvgIpc) is 2.79. The zero-order valence-electron chi connectivity index (χ0n) is 17.9. The van der Waals surface area contributed by atoms with Crippen molar-refractivity contribution < 1.29 is 19.1 Å². The first-order valence-corrected chi connectivity index (χ1v) is 10.6. The molecule has 6 heteroatoms. The van der Waals surface area contributed by atoms with E-state index in [4.69, 9.17) is 16.3 Å². The number of rotatable bonds is 8. The number of amides is 1. The van der Waals surface area contributed by atoms with Crippen LogP contribution in [0.2, 0.25) is 5.02 Å². The molecule has 164 valence electrons. The molecule has 0 heterocycles. The fraction of sp³-hybridized carbons (Fsp3) is 0.192. The predicted molar refractivity (Wildman–Crippen MR) is 125 cm³/mol. The standard InChI is InChI=1S/C26H24ClNO4/c1-17-8-9-18(2)22(16-17)28-23(29)14-15-24(30)32-26(20-10-12-21(27)13-11-20)25(31)19-6-4-3-5-7-19/h3-13,16,26H,14-15H2,1-2H3,(H,28,29)/t26-/m0/s1. The van der Waals surface area contributed by atoms with Gasteiger partial charge in [0.15, 0.2) is 6.10 Å². The van der Waals surface area contributed by atoms with Crippen LogP contribution < -0.4 is 5.32 Å². The molecule has 5 nitrogen and oxygen atoms in total. The molecule has 1 amide bonds. The van der Waals surface area contributed by atoms with E-state index in [-0.39, 0.29) is 24.5 Å². The number of nitrogens with one attached hydrogen (secondary N) is 1. The second-order valence-corrected chi connectivity index (χ2v) is 7.95. The van der Waals surface area contributed by atoms with Gasteiger partial charge >= 0.3 is 5.97 Å². The molecule has 3 aromatic rings. The third kappa shape index (κ3) is 6.28. The molecule has 0 unspecified atom stereocenters. The van der Waals surface area contributed by atoms with Gasteiger partial charge in [-0.15, -0.1) is 0 Å². The minimum absolute atomic E-state index is 0.0565. The Morgan fingerprint density at radius 2 is 1.59 bits per heavy atom. The molecule has 1 N–H and O–H groups in total. The maximum Gasteiger partial charge on any atom is 0.307 e. The Morgan fingerprint density at radius 3 is 2.28 bits per heavy atom. The summed E-state index contributed by atoms with van der Waals surface area (Å²) in [5, 5.41) is 3.33. The first kappa shape index (κ1) is 23.2. The second-order valence-electron chi connectivity index (χ2n) is 7.52. The summed E-state index contributed by atoms with van der Waals surface area (Å²) < 4.78 is 5.52. The summed E-state index contributed by atoms with van der Waals surface area (Å²) in [4.78, 5) is 37.9. The number of ketones is 1. The summed E-state index contributed by atoms with van der Waals surface area (Å²) in [5.74, 6) is -1.28. The highest BCUT2D eigenvalue weighted by Gasteiger charge is 2.26. The number of carbonyl (C=O) groups is 3. The lowest BCUT2D eigenvalue weighted by Crippen LogP contribution is -2.21. The number of anilines is 1. The molecule has 0 radical (unpaired) electrons. The van der Waals surface area contributed by atoms with E-state index in [0.29, 0.717) is 21.8 Å². The molecule has 0 saturated heterocycles. The molecule has 3 aromatic carbocycles. The van der Waals surface area contributed by atoms with E-state index in [1.807, 2.05) is 32.0 Å². The molecule has 0 bridgehead atoms. The van der Waals surface area contributed by atoms with Gasteiger partial charge in [-0.2, -0.15) is 0 Å². The first-order chi connectivity index (χ1) is 15.3. The summed E-state index contributed by atoms with van der Waals surface area (Å²) in [6.07, 6.45) is -1.33. The van der Waals surface area contributed by atoms with Gasteiger partial charge in [0.1, 0.15) is 0 Å². The summed E-state index contributed by atoms with van der Waals surface area (Å²) in [6.45, 7) is 3.84. The Morgan fingerprint density at radius 1 is 0.906 bits per heavy atom. The normalized spacial score (nSPS) is 11.5. The van der Waals surface area contributed by atoms with E-state index in [1.165, 1.54) is 0 Å². The summed E-state index contributed by atoms with van der Waals surface area (Å²) in [6, 6.07) is 20.9. The highest BCUT2D eigenvalue weighted by molar-refractivity contribution is 6.30. The highest BCUT2D eigenvalue weighted by atomic mass is 35.5. The Labute approximate surface area is 192 Å². The van der Waals surface area contributed by atoms with Crippen LogP contribution in [0.15, 0.2) is 72.8 Å². The molecular formula is C26H24ClNO4. The van der Waals surface area contributed by atoms with Crippen molar-refractivity contribution in [1.82, 2.24) is 0 Å². The molecule has 1 atom stereocenters. The van der Waals surface area contributed by atoms with E-state index in [9.17, 15) is 14.4 Å². The van der Waals surface area contributed by atoms with Crippen LogP contribution in [0.4, 0.5) is 5.69 Å². The molecule has 3 rings (SSSR count). The summed E-state index contributed by atoms with van der Waals surface area (Å²) in [5.41, 5.74) is 3.60. The Balaban J connectivity index is 1.67. The third-order valence-corrected chi connectivity index (χ3v) is 5.19. The summed E-state index contributed by atoms with van der Waals surface area (Å²) >= 11 is 5.95. The molecule has 0 aliphatic rings. The lowest BCUT2D eigenvalue weighted by Gasteiger charge is -2.18. The minimum atomic E-state index is -1.12. The molecule has 0 fully saturated rings. The summed E-state index contributed by atoms with van der Waals surface area (Å²) in [7, 11) is 0. The maximum atomic E-state index is 13.0. The van der Waals surface area contributed by atoms with Crippen LogP contribution in [0.1, 0.15) is 46.0 Å². The van der Waals surface area contributed by atoms with Crippen molar-refractivity contribution in [2.75, 3.05) is 5.32 Å². The van der Waals surface area contributed by atoms with Gasteiger partial charge in [0.2, 0.25) is 11.7 Å². The number of esters is 1. The van der Waals surface area contributed by atoms with Crippen LogP contribution in [0.3, 0.4) is 0 Å². The van der Waals surface area contributed by atoms with Crippen LogP contribution in [0, 0.1) is 13.8 Å². The zero-order chi connectivity index (χ0) is 23.1. The molecule has 0 spiro atoms. The monoisotopic (exact) mass is 449 g/mol. The topological polar surface area (TPSA) is 72.5 Å². The molecule has 0 aliphatic heterocycles. The van der Waals surface area contributed by atoms with Gasteiger partial charge in [0.25, 0.3) is 0 Å². The molecule has 0 saturated carbocycles. The van der Waals surface area contributed by atoms with E-state index in [1.54, 1.807) is 54.6 Å². The number of ether oxygens (including phenoxy) is 1. The van der Waals surface area contributed by atoms with Crippen LogP contribution >= 0.6 is 11.6 Å². The maximum absolute atomic E-state index is 13.0. The largest absolute Gasteiger partial charge is 0.449 e. The molecular weight excluding hydrogens is 426 g/mol. The number of carbonyl (C=O) groups excluding carboxylic acids is 3. The average molecular weight is 450 g/mol. The predicted octanol–water partition coefficient (Wildman–Crippen LogP) is 5.84. The number of hydrogen-bond donors (Lipinski definition) is 1. The van der Waals surface area contributed by atoms with E-state index in [0.717, 1.165) is 11.1 Å². The first-order valence-electron chi connectivity index (χ1n) is 10.2. The Bertz CT molecular complexity index is 1110. The van der Waals surface area contributed by atoms with Gasteiger partial charge in [-0.25, -0.2) is 0 Å². The van der Waals surface area contributed by atoms with Crippen molar-refractivity contribution in [2.45, 2.75) is 32.8 Å². The van der Waals surface area contributed by atoms with Gasteiger partial charge < -0.3 is 10.1 Å². The number of halogens is 1. The Kier molecular flexibility index (Phi) is 7.79. The van der Waals surface area contributed by atoms with Gasteiger partial charge in [0.05, 0.1) is 6.42 Å². The van der Waals surface area contributed by atoms with E-state index >= 15 is 0 Å². The zero-order valence-corrected chi connectivity index (χ0v) is 18.7. The number of hydrogen-bond acceptors (Lipinski definition) is 4. The lowest BCUT2D eigenvalue weighted by atomic mass is 10.00. The molecule has 32 heavy (non-hydrogen) atoms. The van der Waals surface area contributed by atoms with E-state index < -0.39 is 12.1 Å². The van der Waals surface area contributed by atoms with Crippen molar-refractivity contribution in [3.63, 3.8) is 0 Å². The highest BCUT2D eigenvalue weighted by Crippen LogP contribution is 2.25. The fourth-order valence-electron chi connectivity index (χ4n) is 3.15. The second kappa shape index (κ2) is 10.7. The van der Waals surface area contributed by atoms with Gasteiger partial charge in [-0.05, 0) is 43.2 Å². The van der Waals surface area contributed by atoms with Crippen LogP contribution in [0.5, 0.6) is 0 Å². The SMILES string of the molecule is Cc1ccc(C)c(NC(=O)CCC(=O)O[C@H](C(=O)c2ccccc2)c2ccc(Cl)cc2)c1. The van der Waals surface area contributed by atoms with Crippen molar-refractivity contribution in [1.29, 1.82) is 0 Å². The molecule has 0 aromatic heterocycles. The fourth-order valence-corrected chi connectivity index (χ4v) is 3.28.